The molecule has 8 nitrogen and oxygen atoms in total. The van der Waals surface area contributed by atoms with Crippen LogP contribution >= 0.6 is 11.6 Å². The van der Waals surface area contributed by atoms with Gasteiger partial charge in [-0.25, -0.2) is 4.98 Å². The van der Waals surface area contributed by atoms with Gasteiger partial charge in [-0.05, 0) is 6.42 Å². The number of anilines is 1. The lowest BCUT2D eigenvalue weighted by Crippen LogP contribution is -2.50. The Bertz CT molecular complexity index is 552. The van der Waals surface area contributed by atoms with E-state index < -0.39 is 16.4 Å². The first-order chi connectivity index (χ1) is 8.83. The van der Waals surface area contributed by atoms with Gasteiger partial charge in [-0.15, -0.1) is 0 Å². The van der Waals surface area contributed by atoms with Gasteiger partial charge >= 0.3 is 11.7 Å². The molecule has 0 amide bonds. The van der Waals surface area contributed by atoms with Crippen molar-refractivity contribution in [3.05, 3.63) is 27.4 Å². The van der Waals surface area contributed by atoms with E-state index in [-0.39, 0.29) is 36.0 Å². The van der Waals surface area contributed by atoms with E-state index in [9.17, 15) is 14.9 Å². The molecule has 1 fully saturated rings. The van der Waals surface area contributed by atoms with Crippen LogP contribution in [0.1, 0.15) is 6.42 Å². The van der Waals surface area contributed by atoms with E-state index in [1.54, 1.807) is 0 Å². The number of pyridine rings is 1. The molecule has 3 N–H and O–H groups in total. The van der Waals surface area contributed by atoms with Gasteiger partial charge in [-0.1, -0.05) is 11.6 Å². The minimum Gasteiger partial charge on any atom is -0.480 e. The first kappa shape index (κ1) is 13.5. The summed E-state index contributed by atoms with van der Waals surface area (Å²) in [5.74, 6) is -1.05. The van der Waals surface area contributed by atoms with Crippen molar-refractivity contribution in [1.29, 1.82) is 0 Å². The van der Waals surface area contributed by atoms with Crippen LogP contribution in [0.25, 0.3) is 0 Å². The van der Waals surface area contributed by atoms with Gasteiger partial charge in [-0.3, -0.25) is 14.9 Å². The minimum absolute atomic E-state index is 0.0300. The lowest BCUT2D eigenvalue weighted by molar-refractivity contribution is -0.384. The van der Waals surface area contributed by atoms with Crippen LogP contribution in [0.5, 0.6) is 0 Å². The topological polar surface area (TPSA) is 123 Å². The third-order valence-electron chi connectivity index (χ3n) is 3.04. The highest BCUT2D eigenvalue weighted by atomic mass is 35.5. The van der Waals surface area contributed by atoms with Crippen molar-refractivity contribution in [1.82, 2.24) is 4.98 Å². The zero-order chi connectivity index (χ0) is 14.2. The van der Waals surface area contributed by atoms with E-state index in [4.69, 9.17) is 22.4 Å². The van der Waals surface area contributed by atoms with Gasteiger partial charge < -0.3 is 15.7 Å². The Balaban J connectivity index is 2.34. The lowest BCUT2D eigenvalue weighted by Gasteiger charge is -2.20. The van der Waals surface area contributed by atoms with Crippen LogP contribution < -0.4 is 10.6 Å². The van der Waals surface area contributed by atoms with Gasteiger partial charge in [0.05, 0.1) is 9.95 Å². The lowest BCUT2D eigenvalue weighted by atomic mass is 10.0. The molecule has 0 aliphatic carbocycles. The van der Waals surface area contributed by atoms with E-state index in [1.165, 1.54) is 17.2 Å². The molecule has 0 radical (unpaired) electrons. The van der Waals surface area contributed by atoms with Gasteiger partial charge in [0.1, 0.15) is 5.54 Å². The normalized spacial score (nSPS) is 22.5. The fraction of sp³-hybridized carbons (Fsp3) is 0.400. The van der Waals surface area contributed by atoms with Crippen LogP contribution in [0.4, 0.5) is 11.5 Å². The highest BCUT2D eigenvalue weighted by molar-refractivity contribution is 6.30. The van der Waals surface area contributed by atoms with Crippen molar-refractivity contribution < 1.29 is 14.8 Å². The Morgan fingerprint density at radius 2 is 2.37 bits per heavy atom. The van der Waals surface area contributed by atoms with Crippen molar-refractivity contribution in [2.24, 2.45) is 5.73 Å². The van der Waals surface area contributed by atoms with Crippen molar-refractivity contribution in [2.75, 3.05) is 18.0 Å². The van der Waals surface area contributed by atoms with Crippen LogP contribution in [0.2, 0.25) is 5.02 Å². The summed E-state index contributed by atoms with van der Waals surface area (Å²) >= 11 is 5.67. The summed E-state index contributed by atoms with van der Waals surface area (Å²) in [6.07, 6.45) is 1.48. The van der Waals surface area contributed by atoms with E-state index in [0.717, 1.165) is 0 Å². The number of carboxylic acid groups (broad SMARTS) is 1. The third-order valence-corrected chi connectivity index (χ3v) is 3.24. The predicted molar refractivity (Wildman–Crippen MR) is 67.3 cm³/mol. The van der Waals surface area contributed by atoms with E-state index in [2.05, 4.69) is 4.98 Å². The summed E-state index contributed by atoms with van der Waals surface area (Å²) in [4.78, 5) is 26.8. The number of rotatable bonds is 3. The van der Waals surface area contributed by atoms with Crippen molar-refractivity contribution in [3.8, 4) is 0 Å². The van der Waals surface area contributed by atoms with E-state index >= 15 is 0 Å². The molecule has 0 spiro atoms. The Kier molecular flexibility index (Phi) is 3.29. The summed E-state index contributed by atoms with van der Waals surface area (Å²) in [5.41, 5.74) is 4.05. The Morgan fingerprint density at radius 1 is 1.68 bits per heavy atom. The first-order valence-corrected chi connectivity index (χ1v) is 5.78. The van der Waals surface area contributed by atoms with Crippen LogP contribution in [0.3, 0.4) is 0 Å². The summed E-state index contributed by atoms with van der Waals surface area (Å²) in [6.45, 7) is 0.260. The summed E-state index contributed by atoms with van der Waals surface area (Å²) in [5, 5.41) is 20.1. The van der Waals surface area contributed by atoms with Crippen LogP contribution in [-0.4, -0.2) is 39.6 Å². The molecule has 102 valence electrons. The molecule has 0 bridgehead atoms. The number of aromatic nitrogens is 1. The molecule has 1 aliphatic rings. The molecule has 0 aromatic carbocycles. The van der Waals surface area contributed by atoms with Crippen LogP contribution in [-0.2, 0) is 4.79 Å². The van der Waals surface area contributed by atoms with Gasteiger partial charge in [0.15, 0.2) is 0 Å². The molecule has 2 heterocycles. The largest absolute Gasteiger partial charge is 0.480 e. The van der Waals surface area contributed by atoms with E-state index in [1.807, 2.05) is 0 Å². The molecule has 2 rings (SSSR count). The molecular formula is C10H11ClN4O4. The maximum atomic E-state index is 11.0. The Morgan fingerprint density at radius 3 is 2.89 bits per heavy atom. The molecule has 1 saturated heterocycles. The summed E-state index contributed by atoms with van der Waals surface area (Å²) < 4.78 is 0. The smallest absolute Gasteiger partial charge is 0.325 e. The Hall–Kier alpha value is -1.93. The maximum Gasteiger partial charge on any atom is 0.325 e. The SMILES string of the molecule is NC1(C(=O)O)CCN(c2ncc(Cl)cc2[N+](=O)[O-])C1. The second-order valence-electron chi connectivity index (χ2n) is 4.39. The molecule has 9 heteroatoms. The molecule has 0 saturated carbocycles. The summed E-state index contributed by atoms with van der Waals surface area (Å²) in [6, 6.07) is 1.18. The maximum absolute atomic E-state index is 11.0. The third kappa shape index (κ3) is 2.45. The van der Waals surface area contributed by atoms with Gasteiger partial charge in [0.25, 0.3) is 0 Å². The number of nitrogens with zero attached hydrogens (tertiary/aromatic N) is 3. The van der Waals surface area contributed by atoms with Gasteiger partial charge in [0.2, 0.25) is 5.82 Å². The zero-order valence-electron chi connectivity index (χ0n) is 9.74. The highest BCUT2D eigenvalue weighted by Gasteiger charge is 2.43. The number of nitro groups is 1. The molecule has 1 aromatic rings. The fourth-order valence-corrected chi connectivity index (χ4v) is 2.14. The van der Waals surface area contributed by atoms with Crippen LogP contribution in [0.15, 0.2) is 12.3 Å². The highest BCUT2D eigenvalue weighted by Crippen LogP contribution is 2.32. The average Bonchev–Trinajstić information content (AvgIpc) is 2.73. The predicted octanol–water partition coefficient (Wildman–Crippen LogP) is 0.635. The second-order valence-corrected chi connectivity index (χ2v) is 4.82. The van der Waals surface area contributed by atoms with Crippen molar-refractivity contribution in [3.63, 3.8) is 0 Å². The standard InChI is InChI=1S/C10H11ClN4O4/c11-6-3-7(15(18)19)8(13-4-6)14-2-1-10(12,5-14)9(16)17/h3-4H,1-2,5,12H2,(H,16,17). The molecule has 1 atom stereocenters. The molecule has 1 aromatic heterocycles. The average molecular weight is 287 g/mol. The van der Waals surface area contributed by atoms with Gasteiger partial charge in [0, 0.05) is 25.4 Å². The number of aliphatic carboxylic acids is 1. The van der Waals surface area contributed by atoms with Crippen LogP contribution in [0, 0.1) is 10.1 Å². The van der Waals surface area contributed by atoms with Gasteiger partial charge in [-0.2, -0.15) is 0 Å². The minimum atomic E-state index is -1.41. The van der Waals surface area contributed by atoms with Crippen molar-refractivity contribution >= 4 is 29.1 Å². The van der Waals surface area contributed by atoms with Crippen molar-refractivity contribution in [2.45, 2.75) is 12.0 Å². The number of carbonyl (C=O) groups is 1. The monoisotopic (exact) mass is 286 g/mol. The quantitative estimate of drug-likeness (QED) is 0.617. The number of nitrogens with two attached hydrogens (primary N) is 1. The summed E-state index contributed by atoms with van der Waals surface area (Å²) in [7, 11) is 0. The zero-order valence-corrected chi connectivity index (χ0v) is 10.5. The fourth-order valence-electron chi connectivity index (χ4n) is 1.99. The molecular weight excluding hydrogens is 276 g/mol. The molecule has 1 aliphatic heterocycles. The number of carboxylic acids is 1. The number of hydrogen-bond donors (Lipinski definition) is 2. The Labute approximate surface area is 112 Å². The molecule has 19 heavy (non-hydrogen) atoms. The number of halogens is 1. The second kappa shape index (κ2) is 4.63. The number of hydrogen-bond acceptors (Lipinski definition) is 6. The van der Waals surface area contributed by atoms with E-state index in [0.29, 0.717) is 0 Å². The molecule has 1 unspecified atom stereocenters. The first-order valence-electron chi connectivity index (χ1n) is 5.41.